The van der Waals surface area contributed by atoms with E-state index in [-0.39, 0.29) is 46.2 Å². The number of nitrogens with two attached hydrogens (primary N) is 1. The molecule has 13 nitrogen and oxygen atoms in total. The summed E-state index contributed by atoms with van der Waals surface area (Å²) in [6.07, 6.45) is 0. The van der Waals surface area contributed by atoms with Gasteiger partial charge < -0.3 is 21.7 Å². The molecule has 2 heterocycles. The van der Waals surface area contributed by atoms with Crippen LogP contribution in [0.25, 0.3) is 22.5 Å². The molecule has 0 aliphatic carbocycles. The van der Waals surface area contributed by atoms with Crippen LogP contribution in [-0.2, 0) is 6.54 Å². The van der Waals surface area contributed by atoms with Gasteiger partial charge in [0.25, 0.3) is 11.1 Å². The summed E-state index contributed by atoms with van der Waals surface area (Å²) >= 11 is 5.98. The minimum atomic E-state index is -0.845. The Balaban J connectivity index is 0.000000218. The van der Waals surface area contributed by atoms with Gasteiger partial charge >= 0.3 is 6.03 Å². The maximum absolute atomic E-state index is 13.6. The van der Waals surface area contributed by atoms with Crippen molar-refractivity contribution >= 4 is 57.6 Å². The monoisotopic (exact) mass is 766 g/mol. The predicted molar refractivity (Wildman–Crippen MR) is 207 cm³/mol. The smallest absolute Gasteiger partial charge is 0.316 e. The summed E-state index contributed by atoms with van der Waals surface area (Å²) in [5.74, 6) is -2.43. The van der Waals surface area contributed by atoms with Gasteiger partial charge in [0.15, 0.2) is 11.6 Å². The van der Waals surface area contributed by atoms with E-state index in [2.05, 4.69) is 31.2 Å². The van der Waals surface area contributed by atoms with Crippen molar-refractivity contribution in [2.45, 2.75) is 27.3 Å². The Morgan fingerprint density at radius 2 is 1.35 bits per heavy atom. The number of benzene rings is 4. The van der Waals surface area contributed by atoms with Gasteiger partial charge in [-0.15, -0.1) is 0 Å². The molecule has 6 rings (SSSR count). The van der Waals surface area contributed by atoms with Crippen LogP contribution < -0.4 is 32.8 Å². The van der Waals surface area contributed by atoms with Crippen molar-refractivity contribution in [1.82, 2.24) is 20.0 Å². The van der Waals surface area contributed by atoms with E-state index in [0.29, 0.717) is 33.7 Å². The van der Waals surface area contributed by atoms with Crippen molar-refractivity contribution in [3.8, 4) is 22.5 Å². The van der Waals surface area contributed by atoms with Crippen LogP contribution in [0.1, 0.15) is 41.5 Å². The van der Waals surface area contributed by atoms with Crippen molar-refractivity contribution in [2.75, 3.05) is 16.0 Å². The van der Waals surface area contributed by atoms with E-state index in [0.717, 1.165) is 22.4 Å². The molecule has 0 saturated carbocycles. The summed E-state index contributed by atoms with van der Waals surface area (Å²) in [5, 5.41) is 19.4. The standard InChI is InChI=1S/C21H19F2N5O3.C18H14ClN3O2/c1-3-28-20(30)19(25-16-9-13(22)8-14(23)10-16)17(11(2)29)18(27-28)12-5-4-6-15(7-12)26-21(24)31;1-11(23)15-16(12-6-3-2-4-7-12)21-22-18(24)17(15)20-14-9-5-8-13(19)10-14/h4-10,25H,3H2,1-2H3,(H3,24,26,31);2-10H,1H3,(H,20,21)(H,22,24). The number of hydrogen-bond acceptors (Lipinski definition) is 9. The lowest BCUT2D eigenvalue weighted by Gasteiger charge is -2.16. The van der Waals surface area contributed by atoms with Crippen LogP contribution in [0.15, 0.2) is 107 Å². The molecule has 4 aromatic carbocycles. The van der Waals surface area contributed by atoms with Crippen molar-refractivity contribution in [2.24, 2.45) is 5.73 Å². The number of nitrogens with zero attached hydrogens (tertiary/aromatic N) is 3. The fourth-order valence-electron chi connectivity index (χ4n) is 5.53. The van der Waals surface area contributed by atoms with Crippen LogP contribution >= 0.6 is 11.6 Å². The number of urea groups is 1. The van der Waals surface area contributed by atoms with Gasteiger partial charge in [0.1, 0.15) is 34.4 Å². The summed E-state index contributed by atoms with van der Waals surface area (Å²) < 4.78 is 28.4. The maximum atomic E-state index is 13.6. The number of carbonyl (C=O) groups is 3. The van der Waals surface area contributed by atoms with Gasteiger partial charge in [0.05, 0.1) is 11.1 Å². The van der Waals surface area contributed by atoms with Gasteiger partial charge in [-0.1, -0.05) is 60.1 Å². The maximum Gasteiger partial charge on any atom is 0.316 e. The van der Waals surface area contributed by atoms with E-state index in [9.17, 15) is 32.8 Å². The Labute approximate surface area is 317 Å². The molecular formula is C39H33ClF2N8O5. The van der Waals surface area contributed by atoms with E-state index in [1.165, 1.54) is 19.9 Å². The van der Waals surface area contributed by atoms with Gasteiger partial charge in [0, 0.05) is 45.8 Å². The third-order valence-corrected chi connectivity index (χ3v) is 8.05. The second-order valence-corrected chi connectivity index (χ2v) is 12.3. The lowest BCUT2D eigenvalue weighted by molar-refractivity contribution is 0.101. The minimum absolute atomic E-state index is 0.0407. The molecule has 280 valence electrons. The molecule has 0 spiro atoms. The number of H-pyrrole nitrogens is 1. The van der Waals surface area contributed by atoms with Crippen LogP contribution in [0.3, 0.4) is 0 Å². The number of halogens is 3. The summed E-state index contributed by atoms with van der Waals surface area (Å²) in [6, 6.07) is 24.4. The zero-order chi connectivity index (χ0) is 39.8. The first-order valence-corrected chi connectivity index (χ1v) is 16.9. The summed E-state index contributed by atoms with van der Waals surface area (Å²) in [5.41, 5.74) is 6.89. The SMILES string of the molecule is CC(=O)c1c(-c2ccccc2)n[nH]c(=O)c1Nc1cccc(Cl)c1.CCn1nc(-c2cccc(NC(N)=O)c2)c(C(C)=O)c(Nc2cc(F)cc(F)c2)c1=O. The van der Waals surface area contributed by atoms with Gasteiger partial charge in [0.2, 0.25) is 0 Å². The molecule has 6 N–H and O–H groups in total. The fourth-order valence-corrected chi connectivity index (χ4v) is 5.72. The molecule has 0 radical (unpaired) electrons. The molecule has 16 heteroatoms. The molecule has 0 bridgehead atoms. The number of anilines is 5. The van der Waals surface area contributed by atoms with Gasteiger partial charge in [-0.25, -0.2) is 23.4 Å². The predicted octanol–water partition coefficient (Wildman–Crippen LogP) is 7.68. The number of aryl methyl sites for hydroxylation is 1. The summed E-state index contributed by atoms with van der Waals surface area (Å²) in [4.78, 5) is 61.1. The van der Waals surface area contributed by atoms with E-state index in [1.54, 1.807) is 49.4 Å². The molecule has 0 saturated heterocycles. The highest BCUT2D eigenvalue weighted by Crippen LogP contribution is 2.30. The molecule has 55 heavy (non-hydrogen) atoms. The number of aromatic amines is 1. The van der Waals surface area contributed by atoms with Crippen LogP contribution in [0.5, 0.6) is 0 Å². The number of hydrogen-bond donors (Lipinski definition) is 5. The van der Waals surface area contributed by atoms with Crippen LogP contribution in [-0.4, -0.2) is 37.6 Å². The molecule has 2 amide bonds. The van der Waals surface area contributed by atoms with Crippen LogP contribution in [0, 0.1) is 11.6 Å². The number of amides is 2. The van der Waals surface area contributed by atoms with Gasteiger partial charge in [-0.3, -0.25) is 19.2 Å². The van der Waals surface area contributed by atoms with Crippen molar-refractivity contribution in [3.63, 3.8) is 0 Å². The third-order valence-electron chi connectivity index (χ3n) is 7.82. The molecule has 2 aromatic heterocycles. The quantitative estimate of drug-likeness (QED) is 0.0870. The second-order valence-electron chi connectivity index (χ2n) is 11.8. The molecule has 0 fully saturated rings. The Kier molecular flexibility index (Phi) is 12.3. The van der Waals surface area contributed by atoms with Gasteiger partial charge in [-0.2, -0.15) is 10.2 Å². The van der Waals surface area contributed by atoms with E-state index >= 15 is 0 Å². The number of nitrogens with one attached hydrogen (secondary N) is 4. The number of Topliss-reactive ketones (excluding diaryl/α,β-unsaturated/α-hetero) is 2. The summed E-state index contributed by atoms with van der Waals surface area (Å²) in [6.45, 7) is 4.52. The molecule has 0 aliphatic rings. The van der Waals surface area contributed by atoms with Crippen LogP contribution in [0.2, 0.25) is 5.02 Å². The lowest BCUT2D eigenvalue weighted by atomic mass is 10.0. The first-order valence-electron chi connectivity index (χ1n) is 16.5. The number of primary amides is 1. The number of rotatable bonds is 10. The van der Waals surface area contributed by atoms with E-state index in [4.69, 9.17) is 17.3 Å². The fraction of sp³-hybridized carbons (Fsp3) is 0.103. The lowest BCUT2D eigenvalue weighted by Crippen LogP contribution is -2.28. The molecule has 6 aromatic rings. The average molecular weight is 767 g/mol. The number of ketones is 2. The third kappa shape index (κ3) is 9.52. The normalized spacial score (nSPS) is 10.5. The highest BCUT2D eigenvalue weighted by atomic mass is 35.5. The van der Waals surface area contributed by atoms with E-state index < -0.39 is 34.6 Å². The Morgan fingerprint density at radius 3 is 1.96 bits per heavy atom. The highest BCUT2D eigenvalue weighted by molar-refractivity contribution is 6.30. The van der Waals surface area contributed by atoms with E-state index in [1.807, 2.05) is 30.3 Å². The molecular weight excluding hydrogens is 734 g/mol. The first-order chi connectivity index (χ1) is 26.2. The summed E-state index contributed by atoms with van der Waals surface area (Å²) in [7, 11) is 0. The van der Waals surface area contributed by atoms with Crippen molar-refractivity contribution < 1.29 is 23.2 Å². The van der Waals surface area contributed by atoms with Gasteiger partial charge in [-0.05, 0) is 63.2 Å². The minimum Gasteiger partial charge on any atom is -0.351 e. The zero-order valence-corrected chi connectivity index (χ0v) is 30.3. The molecule has 0 aliphatic heterocycles. The second kappa shape index (κ2) is 17.2. The topological polar surface area (TPSA) is 194 Å². The highest BCUT2D eigenvalue weighted by Gasteiger charge is 2.23. The largest absolute Gasteiger partial charge is 0.351 e. The Bertz CT molecular complexity index is 2520. The van der Waals surface area contributed by atoms with Crippen LogP contribution in [0.4, 0.5) is 42.0 Å². The van der Waals surface area contributed by atoms with Crippen molar-refractivity contribution in [1.29, 1.82) is 0 Å². The number of aromatic nitrogens is 4. The zero-order valence-electron chi connectivity index (χ0n) is 29.5. The average Bonchev–Trinajstić information content (AvgIpc) is 3.13. The Hall–Kier alpha value is -7.00. The Morgan fingerprint density at radius 1 is 0.745 bits per heavy atom. The first kappa shape index (κ1) is 39.2. The number of carbonyl (C=O) groups excluding carboxylic acids is 3. The van der Waals surface area contributed by atoms with Crippen molar-refractivity contribution in [3.05, 3.63) is 146 Å². The molecule has 0 unspecified atom stereocenters. The molecule has 0 atom stereocenters.